The van der Waals surface area contributed by atoms with Gasteiger partial charge in [-0.1, -0.05) is 38.1 Å². The van der Waals surface area contributed by atoms with Gasteiger partial charge in [-0.3, -0.25) is 4.79 Å². The Balaban J connectivity index is 2.39. The van der Waals surface area contributed by atoms with E-state index in [-0.39, 0.29) is 12.0 Å². The first-order valence-electron chi connectivity index (χ1n) is 8.50. The summed E-state index contributed by atoms with van der Waals surface area (Å²) in [5, 5.41) is 4.95. The molecule has 0 spiro atoms. The zero-order valence-corrected chi connectivity index (χ0v) is 15.2. The summed E-state index contributed by atoms with van der Waals surface area (Å²) in [5.74, 6) is 0.691. The van der Waals surface area contributed by atoms with Crippen molar-refractivity contribution in [2.45, 2.75) is 52.2 Å². The highest BCUT2D eigenvalue weighted by Crippen LogP contribution is 2.33. The van der Waals surface area contributed by atoms with E-state index in [1.807, 2.05) is 43.3 Å². The van der Waals surface area contributed by atoms with Crippen molar-refractivity contribution in [3.63, 3.8) is 0 Å². The van der Waals surface area contributed by atoms with Gasteiger partial charge in [0, 0.05) is 23.6 Å². The second kappa shape index (κ2) is 7.67. The van der Waals surface area contributed by atoms with E-state index in [0.29, 0.717) is 6.42 Å². The molecule has 1 amide bonds. The molecular weight excluding hydrogens is 302 g/mol. The number of carbonyl (C=O) groups is 1. The first-order chi connectivity index (χ1) is 11.4. The average molecular weight is 329 g/mol. The summed E-state index contributed by atoms with van der Waals surface area (Å²) in [7, 11) is 1.56. The molecule has 0 aliphatic rings. The summed E-state index contributed by atoms with van der Waals surface area (Å²) in [6, 6.07) is 11.7. The number of anilines is 1. The lowest BCUT2D eigenvalue weighted by atomic mass is 10.0. The maximum absolute atomic E-state index is 12.6. The molecule has 0 aromatic heterocycles. The van der Waals surface area contributed by atoms with Crippen molar-refractivity contribution in [1.82, 2.24) is 0 Å². The summed E-state index contributed by atoms with van der Waals surface area (Å²) >= 11 is 0. The van der Waals surface area contributed by atoms with Crippen LogP contribution in [-0.2, 0) is 9.53 Å². The van der Waals surface area contributed by atoms with Crippen LogP contribution in [-0.4, -0.2) is 24.7 Å². The van der Waals surface area contributed by atoms with Crippen LogP contribution in [0.15, 0.2) is 36.4 Å². The predicted molar refractivity (Wildman–Crippen MR) is 98.7 cm³/mol. The molecule has 1 N–H and O–H groups in total. The molecule has 0 bridgehead atoms. The highest BCUT2D eigenvalue weighted by Gasteiger charge is 2.31. The highest BCUT2D eigenvalue weighted by molar-refractivity contribution is 6.06. The Morgan fingerprint density at radius 2 is 1.83 bits per heavy atom. The topological polar surface area (TPSA) is 47.6 Å². The third kappa shape index (κ3) is 3.70. The van der Waals surface area contributed by atoms with E-state index in [9.17, 15) is 4.79 Å². The molecule has 2 atom stereocenters. The Hall–Kier alpha value is -2.07. The Morgan fingerprint density at radius 1 is 1.17 bits per heavy atom. The molecule has 24 heavy (non-hydrogen) atoms. The van der Waals surface area contributed by atoms with Gasteiger partial charge in [0.05, 0.1) is 6.10 Å². The van der Waals surface area contributed by atoms with E-state index >= 15 is 0 Å². The van der Waals surface area contributed by atoms with E-state index in [1.54, 1.807) is 14.0 Å². The lowest BCUT2D eigenvalue weighted by molar-refractivity contribution is -0.136. The third-order valence-corrected chi connectivity index (χ3v) is 4.64. The van der Waals surface area contributed by atoms with E-state index in [1.165, 1.54) is 0 Å². The standard InChI is InChI=1S/C20H27NO3/c1-6-14(3)24-18-13-12-17(15-10-8-9-11-16(15)18)21-19(22)20(4,7-2)23-5/h8-14H,6-7H2,1-5H3,(H,21,22)/t14-,20-/m0/s1. The van der Waals surface area contributed by atoms with Crippen LogP contribution in [0.1, 0.15) is 40.5 Å². The van der Waals surface area contributed by atoms with Crippen molar-refractivity contribution in [1.29, 1.82) is 0 Å². The average Bonchev–Trinajstić information content (AvgIpc) is 2.62. The summed E-state index contributed by atoms with van der Waals surface area (Å²) in [4.78, 5) is 12.6. The quantitative estimate of drug-likeness (QED) is 0.796. The molecule has 0 unspecified atom stereocenters. The van der Waals surface area contributed by atoms with Gasteiger partial charge in [0.25, 0.3) is 5.91 Å². The van der Waals surface area contributed by atoms with Gasteiger partial charge in [-0.25, -0.2) is 0 Å². The first-order valence-corrected chi connectivity index (χ1v) is 8.50. The molecule has 4 nitrogen and oxygen atoms in total. The largest absolute Gasteiger partial charge is 0.490 e. The highest BCUT2D eigenvalue weighted by atomic mass is 16.5. The molecule has 4 heteroatoms. The third-order valence-electron chi connectivity index (χ3n) is 4.64. The minimum absolute atomic E-state index is 0.144. The van der Waals surface area contributed by atoms with Gasteiger partial charge >= 0.3 is 0 Å². The van der Waals surface area contributed by atoms with Crippen LogP contribution in [0, 0.1) is 0 Å². The van der Waals surface area contributed by atoms with E-state index in [2.05, 4.69) is 19.2 Å². The normalized spacial score (nSPS) is 14.9. The van der Waals surface area contributed by atoms with Crippen molar-refractivity contribution in [2.24, 2.45) is 0 Å². The predicted octanol–water partition coefficient (Wildman–Crippen LogP) is 4.77. The van der Waals surface area contributed by atoms with Crippen molar-refractivity contribution in [3.8, 4) is 5.75 Å². The van der Waals surface area contributed by atoms with Gasteiger partial charge in [-0.05, 0) is 38.8 Å². The van der Waals surface area contributed by atoms with Crippen LogP contribution in [0.2, 0.25) is 0 Å². The van der Waals surface area contributed by atoms with Gasteiger partial charge < -0.3 is 14.8 Å². The summed E-state index contributed by atoms with van der Waals surface area (Å²) in [6.45, 7) is 7.88. The molecule has 0 aliphatic carbocycles. The molecule has 0 radical (unpaired) electrons. The van der Waals surface area contributed by atoms with Crippen LogP contribution in [0.4, 0.5) is 5.69 Å². The summed E-state index contributed by atoms with van der Waals surface area (Å²) < 4.78 is 11.4. The van der Waals surface area contributed by atoms with Crippen LogP contribution in [0.5, 0.6) is 5.75 Å². The smallest absolute Gasteiger partial charge is 0.256 e. The Morgan fingerprint density at radius 3 is 2.42 bits per heavy atom. The molecule has 0 saturated heterocycles. The van der Waals surface area contributed by atoms with Crippen LogP contribution in [0.3, 0.4) is 0 Å². The fraction of sp³-hybridized carbons (Fsp3) is 0.450. The molecule has 2 aromatic rings. The summed E-state index contributed by atoms with van der Waals surface area (Å²) in [6.07, 6.45) is 1.68. The SMILES string of the molecule is CC[C@H](C)Oc1ccc(NC(=O)[C@](C)(CC)OC)c2ccccc12. The van der Waals surface area contributed by atoms with Gasteiger partial charge in [0.2, 0.25) is 0 Å². The number of rotatable bonds is 7. The number of hydrogen-bond donors (Lipinski definition) is 1. The molecule has 2 rings (SSSR count). The lowest BCUT2D eigenvalue weighted by Crippen LogP contribution is -2.41. The number of ether oxygens (including phenoxy) is 2. The van der Waals surface area contributed by atoms with Gasteiger partial charge in [0.15, 0.2) is 0 Å². The fourth-order valence-electron chi connectivity index (χ4n) is 2.44. The molecule has 130 valence electrons. The number of carbonyl (C=O) groups excluding carboxylic acids is 1. The minimum atomic E-state index is -0.840. The van der Waals surface area contributed by atoms with Crippen molar-refractivity contribution in [2.75, 3.05) is 12.4 Å². The zero-order valence-electron chi connectivity index (χ0n) is 15.2. The molecular formula is C20H27NO3. The number of methoxy groups -OCH3 is 1. The number of fused-ring (bicyclic) bond motifs is 1. The Bertz CT molecular complexity index is 707. The monoisotopic (exact) mass is 329 g/mol. The van der Waals surface area contributed by atoms with Gasteiger partial charge in [-0.15, -0.1) is 0 Å². The van der Waals surface area contributed by atoms with Crippen molar-refractivity contribution in [3.05, 3.63) is 36.4 Å². The van der Waals surface area contributed by atoms with Crippen LogP contribution in [0.25, 0.3) is 10.8 Å². The molecule has 0 saturated carbocycles. The number of amides is 1. The second-order valence-corrected chi connectivity index (χ2v) is 6.24. The molecule has 2 aromatic carbocycles. The Kier molecular flexibility index (Phi) is 5.84. The molecule has 0 heterocycles. The first kappa shape index (κ1) is 18.3. The molecule has 0 fully saturated rings. The van der Waals surface area contributed by atoms with Crippen molar-refractivity contribution >= 4 is 22.4 Å². The number of nitrogens with one attached hydrogen (secondary N) is 1. The zero-order chi connectivity index (χ0) is 17.7. The number of benzene rings is 2. The van der Waals surface area contributed by atoms with Crippen LogP contribution >= 0.6 is 0 Å². The van der Waals surface area contributed by atoms with Crippen molar-refractivity contribution < 1.29 is 14.3 Å². The maximum atomic E-state index is 12.6. The van der Waals surface area contributed by atoms with E-state index in [4.69, 9.17) is 9.47 Å². The Labute approximate surface area is 144 Å². The maximum Gasteiger partial charge on any atom is 0.256 e. The van der Waals surface area contributed by atoms with E-state index in [0.717, 1.165) is 28.6 Å². The minimum Gasteiger partial charge on any atom is -0.490 e. The summed E-state index contributed by atoms with van der Waals surface area (Å²) in [5.41, 5.74) is -0.0728. The van der Waals surface area contributed by atoms with Gasteiger partial charge in [0.1, 0.15) is 11.4 Å². The number of hydrogen-bond acceptors (Lipinski definition) is 3. The van der Waals surface area contributed by atoms with E-state index < -0.39 is 5.60 Å². The van der Waals surface area contributed by atoms with Gasteiger partial charge in [-0.2, -0.15) is 0 Å². The van der Waals surface area contributed by atoms with Crippen LogP contribution < -0.4 is 10.1 Å². The second-order valence-electron chi connectivity index (χ2n) is 6.24. The lowest BCUT2D eigenvalue weighted by Gasteiger charge is -2.25. The fourth-order valence-corrected chi connectivity index (χ4v) is 2.44. The molecule has 0 aliphatic heterocycles.